The molecule has 0 spiro atoms. The first-order valence-electron chi connectivity index (χ1n) is 9.19. The molecule has 3 rings (SSSR count). The van der Waals surface area contributed by atoms with E-state index in [0.717, 1.165) is 33.2 Å². The largest absolute Gasteiger partial charge is 0.493 e. The Morgan fingerprint density at radius 3 is 2.46 bits per heavy atom. The Kier molecular flexibility index (Phi) is 5.76. The number of rotatable bonds is 5. The van der Waals surface area contributed by atoms with Gasteiger partial charge < -0.3 is 10.1 Å². The van der Waals surface area contributed by atoms with Crippen molar-refractivity contribution in [3.63, 3.8) is 0 Å². The first-order chi connectivity index (χ1) is 13.5. The number of nitrogens with zero attached hydrogens (tertiary/aromatic N) is 1. The molecule has 1 N–H and O–H groups in total. The highest BCUT2D eigenvalue weighted by molar-refractivity contribution is 6.11. The lowest BCUT2D eigenvalue weighted by molar-refractivity contribution is -0.112. The second-order valence-electron chi connectivity index (χ2n) is 6.52. The van der Waals surface area contributed by atoms with E-state index in [1.807, 2.05) is 81.4 Å². The highest BCUT2D eigenvalue weighted by Gasteiger charge is 2.15. The third-order valence-corrected chi connectivity index (χ3v) is 4.60. The predicted molar refractivity (Wildman–Crippen MR) is 113 cm³/mol. The van der Waals surface area contributed by atoms with Gasteiger partial charge in [-0.2, -0.15) is 5.26 Å². The number of aryl methyl sites for hydroxylation is 2. The second kappa shape index (κ2) is 8.41. The van der Waals surface area contributed by atoms with Gasteiger partial charge in [0.25, 0.3) is 5.91 Å². The Labute approximate surface area is 165 Å². The van der Waals surface area contributed by atoms with Crippen molar-refractivity contribution in [2.45, 2.75) is 20.8 Å². The minimum Gasteiger partial charge on any atom is -0.493 e. The summed E-state index contributed by atoms with van der Waals surface area (Å²) in [6.07, 6.45) is 1.61. The van der Waals surface area contributed by atoms with Crippen molar-refractivity contribution in [3.05, 3.63) is 76.9 Å². The summed E-state index contributed by atoms with van der Waals surface area (Å²) in [6, 6.07) is 19.5. The lowest BCUT2D eigenvalue weighted by Gasteiger charge is -2.13. The van der Waals surface area contributed by atoms with Crippen LogP contribution < -0.4 is 10.1 Å². The number of fused-ring (bicyclic) bond motifs is 1. The normalized spacial score (nSPS) is 11.1. The summed E-state index contributed by atoms with van der Waals surface area (Å²) in [5, 5.41) is 14.5. The molecule has 0 unspecified atom stereocenters. The summed E-state index contributed by atoms with van der Waals surface area (Å²) in [4.78, 5) is 12.8. The van der Waals surface area contributed by atoms with Crippen LogP contribution in [-0.4, -0.2) is 12.5 Å². The molecule has 0 fully saturated rings. The van der Waals surface area contributed by atoms with Crippen LogP contribution in [0.1, 0.15) is 23.6 Å². The number of nitriles is 1. The molecule has 0 bridgehead atoms. The van der Waals surface area contributed by atoms with Crippen molar-refractivity contribution in [3.8, 4) is 11.8 Å². The van der Waals surface area contributed by atoms with E-state index in [1.165, 1.54) is 0 Å². The summed E-state index contributed by atoms with van der Waals surface area (Å²) in [7, 11) is 0. The molecule has 0 radical (unpaired) electrons. The molecule has 0 heterocycles. The Morgan fingerprint density at radius 1 is 1.07 bits per heavy atom. The van der Waals surface area contributed by atoms with E-state index in [2.05, 4.69) is 5.32 Å². The zero-order valence-electron chi connectivity index (χ0n) is 16.2. The number of anilines is 1. The van der Waals surface area contributed by atoms with Crippen molar-refractivity contribution < 1.29 is 9.53 Å². The van der Waals surface area contributed by atoms with E-state index in [0.29, 0.717) is 12.4 Å². The Bertz CT molecular complexity index is 1090. The van der Waals surface area contributed by atoms with Gasteiger partial charge in [0.05, 0.1) is 6.61 Å². The number of amides is 1. The van der Waals surface area contributed by atoms with Crippen LogP contribution in [0.5, 0.6) is 5.75 Å². The van der Waals surface area contributed by atoms with E-state index in [9.17, 15) is 10.1 Å². The quantitative estimate of drug-likeness (QED) is 0.483. The van der Waals surface area contributed by atoms with Crippen molar-refractivity contribution in [1.82, 2.24) is 0 Å². The van der Waals surface area contributed by atoms with Crippen LogP contribution in [0.4, 0.5) is 5.69 Å². The fourth-order valence-electron chi connectivity index (χ4n) is 3.19. The van der Waals surface area contributed by atoms with Gasteiger partial charge >= 0.3 is 0 Å². The van der Waals surface area contributed by atoms with E-state index in [1.54, 1.807) is 6.08 Å². The molecule has 3 aromatic rings. The van der Waals surface area contributed by atoms with Gasteiger partial charge in [0.15, 0.2) is 0 Å². The number of benzene rings is 3. The number of para-hydroxylation sites is 1. The van der Waals surface area contributed by atoms with Crippen LogP contribution in [0.2, 0.25) is 0 Å². The van der Waals surface area contributed by atoms with E-state index < -0.39 is 5.91 Å². The maximum atomic E-state index is 12.8. The lowest BCUT2D eigenvalue weighted by atomic mass is 10.0. The zero-order valence-corrected chi connectivity index (χ0v) is 16.2. The van der Waals surface area contributed by atoms with Gasteiger partial charge in [-0.1, -0.05) is 48.5 Å². The van der Waals surface area contributed by atoms with Gasteiger partial charge in [-0.05, 0) is 54.8 Å². The molecule has 1 amide bonds. The fraction of sp³-hybridized carbons (Fsp3) is 0.167. The molecule has 0 saturated carbocycles. The molecule has 28 heavy (non-hydrogen) atoms. The average molecular weight is 370 g/mol. The molecule has 4 nitrogen and oxygen atoms in total. The van der Waals surface area contributed by atoms with Gasteiger partial charge in [0, 0.05) is 11.3 Å². The minimum absolute atomic E-state index is 0.0277. The highest BCUT2D eigenvalue weighted by Crippen LogP contribution is 2.30. The maximum Gasteiger partial charge on any atom is 0.266 e. The molecular formula is C24H22N2O2. The molecule has 4 heteroatoms. The lowest BCUT2D eigenvalue weighted by Crippen LogP contribution is -2.15. The molecule has 0 aromatic heterocycles. The van der Waals surface area contributed by atoms with Crippen LogP contribution >= 0.6 is 0 Å². The SMILES string of the molecule is CCOc1ccc2ccccc2c1/C=C(/C#N)C(=O)Nc1c(C)cccc1C. The van der Waals surface area contributed by atoms with Crippen LogP contribution in [-0.2, 0) is 4.79 Å². The summed E-state index contributed by atoms with van der Waals surface area (Å²) in [5.41, 5.74) is 3.39. The van der Waals surface area contributed by atoms with Gasteiger partial charge in [-0.25, -0.2) is 0 Å². The van der Waals surface area contributed by atoms with Gasteiger partial charge in [-0.15, -0.1) is 0 Å². The summed E-state index contributed by atoms with van der Waals surface area (Å²) >= 11 is 0. The number of hydrogen-bond acceptors (Lipinski definition) is 3. The van der Waals surface area contributed by atoms with Gasteiger partial charge in [0.2, 0.25) is 0 Å². The van der Waals surface area contributed by atoms with Crippen LogP contribution in [0.15, 0.2) is 60.2 Å². The average Bonchev–Trinajstić information content (AvgIpc) is 2.70. The molecule has 140 valence electrons. The number of ether oxygens (including phenoxy) is 1. The number of nitrogens with one attached hydrogen (secondary N) is 1. The Hall–Kier alpha value is -3.58. The summed E-state index contributed by atoms with van der Waals surface area (Å²) in [5.74, 6) is 0.212. The van der Waals surface area contributed by atoms with Gasteiger partial charge in [-0.3, -0.25) is 4.79 Å². The highest BCUT2D eigenvalue weighted by atomic mass is 16.5. The van der Waals surface area contributed by atoms with Crippen LogP contribution in [0.25, 0.3) is 16.8 Å². The molecule has 0 aliphatic heterocycles. The van der Waals surface area contributed by atoms with Crippen LogP contribution in [0.3, 0.4) is 0 Å². The number of carbonyl (C=O) groups excluding carboxylic acids is 1. The third kappa shape index (κ3) is 3.89. The smallest absolute Gasteiger partial charge is 0.266 e. The predicted octanol–water partition coefficient (Wildman–Crippen LogP) is 5.40. The maximum absolute atomic E-state index is 12.8. The van der Waals surface area contributed by atoms with Crippen LogP contribution in [0, 0.1) is 25.2 Å². The van der Waals surface area contributed by atoms with E-state index in [4.69, 9.17) is 4.74 Å². The number of carbonyl (C=O) groups is 1. The molecular weight excluding hydrogens is 348 g/mol. The first-order valence-corrected chi connectivity index (χ1v) is 9.19. The standard InChI is InChI=1S/C24H22N2O2/c1-4-28-22-13-12-18-10-5-6-11-20(18)21(22)14-19(15-25)24(27)26-23-16(2)8-7-9-17(23)3/h5-14H,4H2,1-3H3,(H,26,27)/b19-14-. The fourth-order valence-corrected chi connectivity index (χ4v) is 3.19. The van der Waals surface area contributed by atoms with Crippen molar-refractivity contribution in [2.75, 3.05) is 11.9 Å². The topological polar surface area (TPSA) is 62.1 Å². The molecule has 0 atom stereocenters. The third-order valence-electron chi connectivity index (χ3n) is 4.60. The Balaban J connectivity index is 2.06. The second-order valence-corrected chi connectivity index (χ2v) is 6.52. The number of hydrogen-bond donors (Lipinski definition) is 1. The summed E-state index contributed by atoms with van der Waals surface area (Å²) in [6.45, 7) is 6.25. The van der Waals surface area contributed by atoms with Crippen molar-refractivity contribution >= 4 is 28.4 Å². The van der Waals surface area contributed by atoms with E-state index in [-0.39, 0.29) is 5.57 Å². The molecule has 0 saturated heterocycles. The first kappa shape index (κ1) is 19.2. The Morgan fingerprint density at radius 2 is 1.79 bits per heavy atom. The molecule has 0 aliphatic rings. The monoisotopic (exact) mass is 370 g/mol. The molecule has 0 aliphatic carbocycles. The van der Waals surface area contributed by atoms with E-state index >= 15 is 0 Å². The van der Waals surface area contributed by atoms with Gasteiger partial charge in [0.1, 0.15) is 17.4 Å². The van der Waals surface area contributed by atoms with Crippen molar-refractivity contribution in [2.24, 2.45) is 0 Å². The summed E-state index contributed by atoms with van der Waals surface area (Å²) < 4.78 is 5.74. The zero-order chi connectivity index (χ0) is 20.1. The minimum atomic E-state index is -0.435. The molecule has 3 aromatic carbocycles. The van der Waals surface area contributed by atoms with Crippen molar-refractivity contribution in [1.29, 1.82) is 5.26 Å².